The number of tetrazole rings is 1. The zero-order chi connectivity index (χ0) is 14.4. The second-order valence-electron chi connectivity index (χ2n) is 5.35. The Morgan fingerprint density at radius 2 is 2.25 bits per heavy atom. The SMILES string of the molecule is CCC(C)NC(=O)CSCc1nnnn1C1CCCC1. The third-order valence-electron chi connectivity index (χ3n) is 3.72. The topological polar surface area (TPSA) is 72.7 Å². The van der Waals surface area contributed by atoms with Gasteiger partial charge in [-0.25, -0.2) is 4.68 Å². The molecule has 1 heterocycles. The van der Waals surface area contributed by atoms with E-state index in [2.05, 4.69) is 27.8 Å². The monoisotopic (exact) mass is 297 g/mol. The number of amides is 1. The van der Waals surface area contributed by atoms with Crippen LogP contribution in [0, 0.1) is 0 Å². The predicted molar refractivity (Wildman–Crippen MR) is 79.4 cm³/mol. The highest BCUT2D eigenvalue weighted by molar-refractivity contribution is 7.99. The van der Waals surface area contributed by atoms with Crippen molar-refractivity contribution in [3.8, 4) is 0 Å². The molecule has 1 N–H and O–H groups in total. The van der Waals surface area contributed by atoms with E-state index in [0.29, 0.717) is 17.5 Å². The van der Waals surface area contributed by atoms with E-state index in [9.17, 15) is 4.79 Å². The number of carbonyl (C=O) groups is 1. The first kappa shape index (κ1) is 15.3. The summed E-state index contributed by atoms with van der Waals surface area (Å²) < 4.78 is 1.95. The molecule has 1 fully saturated rings. The zero-order valence-electron chi connectivity index (χ0n) is 12.2. The van der Waals surface area contributed by atoms with Crippen molar-refractivity contribution in [3.05, 3.63) is 5.82 Å². The van der Waals surface area contributed by atoms with Crippen LogP contribution < -0.4 is 5.32 Å². The third kappa shape index (κ3) is 4.19. The Morgan fingerprint density at radius 3 is 2.95 bits per heavy atom. The van der Waals surface area contributed by atoms with E-state index < -0.39 is 0 Å². The average Bonchev–Trinajstić information content (AvgIpc) is 3.08. The van der Waals surface area contributed by atoms with Crippen LogP contribution in [0.5, 0.6) is 0 Å². The molecule has 1 unspecified atom stereocenters. The van der Waals surface area contributed by atoms with Crippen molar-refractivity contribution in [2.75, 3.05) is 5.75 Å². The Labute approximate surface area is 124 Å². The second-order valence-corrected chi connectivity index (χ2v) is 6.33. The number of nitrogens with one attached hydrogen (secondary N) is 1. The number of thioether (sulfide) groups is 1. The van der Waals surface area contributed by atoms with Gasteiger partial charge in [-0.1, -0.05) is 19.8 Å². The van der Waals surface area contributed by atoms with Crippen LogP contribution in [-0.2, 0) is 10.5 Å². The fraction of sp³-hybridized carbons (Fsp3) is 0.846. The molecule has 7 heteroatoms. The summed E-state index contributed by atoms with van der Waals surface area (Å²) >= 11 is 1.57. The van der Waals surface area contributed by atoms with E-state index in [1.165, 1.54) is 12.8 Å². The van der Waals surface area contributed by atoms with Crippen LogP contribution in [0.3, 0.4) is 0 Å². The van der Waals surface area contributed by atoms with E-state index in [1.807, 2.05) is 11.6 Å². The Balaban J connectivity index is 1.77. The van der Waals surface area contributed by atoms with Gasteiger partial charge in [-0.3, -0.25) is 4.79 Å². The largest absolute Gasteiger partial charge is 0.353 e. The molecule has 2 rings (SSSR count). The van der Waals surface area contributed by atoms with Crippen LogP contribution >= 0.6 is 11.8 Å². The highest BCUT2D eigenvalue weighted by Crippen LogP contribution is 2.29. The van der Waals surface area contributed by atoms with E-state index in [0.717, 1.165) is 25.1 Å². The van der Waals surface area contributed by atoms with Crippen molar-refractivity contribution >= 4 is 17.7 Å². The van der Waals surface area contributed by atoms with Crippen LogP contribution in [0.1, 0.15) is 57.8 Å². The lowest BCUT2D eigenvalue weighted by Gasteiger charge is -2.12. The van der Waals surface area contributed by atoms with Gasteiger partial charge in [0.15, 0.2) is 5.82 Å². The Morgan fingerprint density at radius 1 is 1.50 bits per heavy atom. The molecule has 1 aliphatic carbocycles. The van der Waals surface area contributed by atoms with Crippen molar-refractivity contribution in [1.82, 2.24) is 25.5 Å². The van der Waals surface area contributed by atoms with Gasteiger partial charge >= 0.3 is 0 Å². The van der Waals surface area contributed by atoms with E-state index in [1.54, 1.807) is 11.8 Å². The standard InChI is InChI=1S/C13H23N5OS/c1-3-10(2)14-13(19)9-20-8-12-15-16-17-18(12)11-6-4-5-7-11/h10-11H,3-9H2,1-2H3,(H,14,19). The van der Waals surface area contributed by atoms with Crippen LogP contribution in [0.25, 0.3) is 0 Å². The van der Waals surface area contributed by atoms with Gasteiger partial charge in [0.2, 0.25) is 5.91 Å². The van der Waals surface area contributed by atoms with Crippen LogP contribution in [0.4, 0.5) is 0 Å². The number of nitrogens with zero attached hydrogens (tertiary/aromatic N) is 4. The number of rotatable bonds is 7. The summed E-state index contributed by atoms with van der Waals surface area (Å²) in [5, 5.41) is 14.9. The Kier molecular flexibility index (Phi) is 5.82. The van der Waals surface area contributed by atoms with Gasteiger partial charge in [0.1, 0.15) is 0 Å². The average molecular weight is 297 g/mol. The third-order valence-corrected chi connectivity index (χ3v) is 4.64. The maximum atomic E-state index is 11.7. The summed E-state index contributed by atoms with van der Waals surface area (Å²) in [6.07, 6.45) is 5.80. The lowest BCUT2D eigenvalue weighted by atomic mass is 10.2. The van der Waals surface area contributed by atoms with Gasteiger partial charge in [0, 0.05) is 6.04 Å². The molecule has 1 aliphatic rings. The van der Waals surface area contributed by atoms with Gasteiger partial charge in [-0.15, -0.1) is 16.9 Å². The molecule has 0 bridgehead atoms. The van der Waals surface area contributed by atoms with Gasteiger partial charge in [0.25, 0.3) is 0 Å². The normalized spacial score (nSPS) is 17.3. The van der Waals surface area contributed by atoms with Gasteiger partial charge in [0.05, 0.1) is 17.5 Å². The summed E-state index contributed by atoms with van der Waals surface area (Å²) in [4.78, 5) is 11.7. The summed E-state index contributed by atoms with van der Waals surface area (Å²) in [5.41, 5.74) is 0. The quantitative estimate of drug-likeness (QED) is 0.832. The minimum atomic E-state index is 0.0873. The number of carbonyl (C=O) groups excluding carboxylic acids is 1. The van der Waals surface area contributed by atoms with Crippen molar-refractivity contribution in [2.24, 2.45) is 0 Å². The number of aromatic nitrogens is 4. The molecule has 0 aliphatic heterocycles. The summed E-state index contributed by atoms with van der Waals surface area (Å²) in [5.74, 6) is 2.13. The first-order valence-electron chi connectivity index (χ1n) is 7.34. The lowest BCUT2D eigenvalue weighted by molar-refractivity contribution is -0.119. The predicted octanol–water partition coefficient (Wildman–Crippen LogP) is 1.94. The molecule has 1 atom stereocenters. The first-order chi connectivity index (χ1) is 9.70. The molecule has 1 saturated carbocycles. The van der Waals surface area contributed by atoms with Crippen molar-refractivity contribution in [3.63, 3.8) is 0 Å². The minimum absolute atomic E-state index is 0.0873. The molecule has 1 aromatic rings. The highest BCUT2D eigenvalue weighted by Gasteiger charge is 2.21. The molecule has 6 nitrogen and oxygen atoms in total. The second kappa shape index (κ2) is 7.61. The fourth-order valence-electron chi connectivity index (χ4n) is 2.39. The maximum Gasteiger partial charge on any atom is 0.230 e. The molecule has 0 saturated heterocycles. The van der Waals surface area contributed by atoms with Gasteiger partial charge < -0.3 is 5.32 Å². The van der Waals surface area contributed by atoms with E-state index >= 15 is 0 Å². The molecule has 0 aromatic carbocycles. The molecule has 20 heavy (non-hydrogen) atoms. The van der Waals surface area contributed by atoms with Gasteiger partial charge in [-0.2, -0.15) is 0 Å². The molecular formula is C13H23N5OS. The minimum Gasteiger partial charge on any atom is -0.353 e. The zero-order valence-corrected chi connectivity index (χ0v) is 13.0. The molecule has 0 spiro atoms. The molecular weight excluding hydrogens is 274 g/mol. The molecule has 1 amide bonds. The molecule has 0 radical (unpaired) electrons. The maximum absolute atomic E-state index is 11.7. The van der Waals surface area contributed by atoms with Crippen molar-refractivity contribution in [2.45, 2.75) is 63.8 Å². The Bertz CT molecular complexity index is 430. The van der Waals surface area contributed by atoms with Gasteiger partial charge in [-0.05, 0) is 36.6 Å². The van der Waals surface area contributed by atoms with Crippen LogP contribution in [-0.4, -0.2) is 37.9 Å². The number of hydrogen-bond donors (Lipinski definition) is 1. The van der Waals surface area contributed by atoms with Crippen molar-refractivity contribution in [1.29, 1.82) is 0 Å². The summed E-state index contributed by atoms with van der Waals surface area (Å²) in [7, 11) is 0. The van der Waals surface area contributed by atoms with Crippen molar-refractivity contribution < 1.29 is 4.79 Å². The highest BCUT2D eigenvalue weighted by atomic mass is 32.2. The molecule has 1 aromatic heterocycles. The van der Waals surface area contributed by atoms with E-state index in [-0.39, 0.29) is 11.9 Å². The van der Waals surface area contributed by atoms with E-state index in [4.69, 9.17) is 0 Å². The first-order valence-corrected chi connectivity index (χ1v) is 8.50. The fourth-order valence-corrected chi connectivity index (χ4v) is 3.14. The summed E-state index contributed by atoms with van der Waals surface area (Å²) in [6.45, 7) is 4.08. The number of hydrogen-bond acceptors (Lipinski definition) is 5. The van der Waals surface area contributed by atoms with Crippen LogP contribution in [0.15, 0.2) is 0 Å². The molecule has 112 valence electrons. The lowest BCUT2D eigenvalue weighted by Crippen LogP contribution is -2.33. The summed E-state index contributed by atoms with van der Waals surface area (Å²) in [6, 6.07) is 0.696. The Hall–Kier alpha value is -1.11. The smallest absolute Gasteiger partial charge is 0.230 e. The van der Waals surface area contributed by atoms with Crippen LogP contribution in [0.2, 0.25) is 0 Å².